The topological polar surface area (TPSA) is 66.5 Å². The number of nitrogens with zero attached hydrogens (tertiary/aromatic N) is 1. The second-order valence-corrected chi connectivity index (χ2v) is 8.63. The van der Waals surface area contributed by atoms with Crippen LogP contribution in [0.3, 0.4) is 0 Å². The molecule has 0 saturated carbocycles. The van der Waals surface area contributed by atoms with E-state index in [1.165, 1.54) is 0 Å². The first kappa shape index (κ1) is 23.1. The number of hydrogen-bond donors (Lipinski definition) is 0. The summed E-state index contributed by atoms with van der Waals surface area (Å²) in [4.78, 5) is 15.3. The van der Waals surface area contributed by atoms with Crippen molar-refractivity contribution >= 4 is 23.5 Å². The van der Waals surface area contributed by atoms with Crippen LogP contribution in [0, 0.1) is 0 Å². The smallest absolute Gasteiger partial charge is 0.231 e. The van der Waals surface area contributed by atoms with Gasteiger partial charge >= 0.3 is 0 Å². The standard InChI is InChI=1S/C27H24ClNO6/c1-31-22-12-24(33-3)23(32-2)10-17(22)11-25-26(30)19-8-9-21-20(27(19)35-25)14-29(15-34-21)13-16-4-6-18(28)7-5-16/h4-12H,13-15H2,1-3H3/b25-11-. The SMILES string of the molecule is COc1cc(OC)c(OC)cc1/C=C1\Oc2c(ccc3c2CN(Cc2ccc(Cl)cc2)CO3)C1=O. The molecule has 0 N–H and O–H groups in total. The lowest BCUT2D eigenvalue weighted by Crippen LogP contribution is -2.31. The third-order valence-corrected chi connectivity index (χ3v) is 6.28. The van der Waals surface area contributed by atoms with E-state index in [0.717, 1.165) is 11.1 Å². The van der Waals surface area contributed by atoms with Crippen molar-refractivity contribution in [1.29, 1.82) is 0 Å². The highest BCUT2D eigenvalue weighted by Gasteiger charge is 2.34. The summed E-state index contributed by atoms with van der Waals surface area (Å²) >= 11 is 6.01. The normalized spacial score (nSPS) is 15.8. The molecule has 2 heterocycles. The monoisotopic (exact) mass is 493 g/mol. The Morgan fingerprint density at radius 3 is 2.40 bits per heavy atom. The molecule has 180 valence electrons. The van der Waals surface area contributed by atoms with E-state index < -0.39 is 0 Å². The number of hydrogen-bond acceptors (Lipinski definition) is 7. The molecule has 0 unspecified atom stereocenters. The maximum Gasteiger partial charge on any atom is 0.231 e. The van der Waals surface area contributed by atoms with Gasteiger partial charge in [0.05, 0.1) is 32.5 Å². The molecule has 2 aliphatic rings. The van der Waals surface area contributed by atoms with Gasteiger partial charge in [-0.05, 0) is 42.0 Å². The zero-order chi connectivity index (χ0) is 24.5. The number of ketones is 1. The molecule has 0 bridgehead atoms. The zero-order valence-corrected chi connectivity index (χ0v) is 20.3. The summed E-state index contributed by atoms with van der Waals surface area (Å²) in [5.74, 6) is 2.82. The van der Waals surface area contributed by atoms with Crippen LogP contribution in [-0.2, 0) is 13.1 Å². The van der Waals surface area contributed by atoms with Crippen LogP contribution in [0.1, 0.15) is 27.0 Å². The molecular weight excluding hydrogens is 470 g/mol. The van der Waals surface area contributed by atoms with Crippen molar-refractivity contribution in [1.82, 2.24) is 4.90 Å². The number of halogens is 1. The molecule has 0 aliphatic carbocycles. The molecule has 0 atom stereocenters. The minimum atomic E-state index is -0.200. The fraction of sp³-hybridized carbons (Fsp3) is 0.222. The second kappa shape index (κ2) is 9.52. The summed E-state index contributed by atoms with van der Waals surface area (Å²) in [6.07, 6.45) is 1.66. The van der Waals surface area contributed by atoms with Crippen molar-refractivity contribution in [2.75, 3.05) is 28.1 Å². The molecule has 7 nitrogen and oxygen atoms in total. The van der Waals surface area contributed by atoms with Crippen LogP contribution in [0.2, 0.25) is 5.02 Å². The van der Waals surface area contributed by atoms with Gasteiger partial charge in [0.1, 0.15) is 24.0 Å². The highest BCUT2D eigenvalue weighted by Crippen LogP contribution is 2.43. The van der Waals surface area contributed by atoms with Crippen molar-refractivity contribution < 1.29 is 28.5 Å². The first-order valence-electron chi connectivity index (χ1n) is 11.0. The van der Waals surface area contributed by atoms with Crippen LogP contribution >= 0.6 is 11.6 Å². The minimum absolute atomic E-state index is 0.200. The fourth-order valence-corrected chi connectivity index (χ4v) is 4.39. The Balaban J connectivity index is 1.44. The van der Waals surface area contributed by atoms with Crippen LogP contribution in [-0.4, -0.2) is 38.7 Å². The van der Waals surface area contributed by atoms with Gasteiger partial charge in [-0.1, -0.05) is 23.7 Å². The quantitative estimate of drug-likeness (QED) is 0.430. The van der Waals surface area contributed by atoms with Gasteiger partial charge in [0.2, 0.25) is 5.78 Å². The number of carbonyl (C=O) groups excluding carboxylic acids is 1. The second-order valence-electron chi connectivity index (χ2n) is 8.19. The molecule has 0 radical (unpaired) electrons. The lowest BCUT2D eigenvalue weighted by atomic mass is 10.0. The number of allylic oxidation sites excluding steroid dienone is 1. The number of carbonyl (C=O) groups is 1. The predicted octanol–water partition coefficient (Wildman–Crippen LogP) is 5.33. The maximum absolute atomic E-state index is 13.2. The lowest BCUT2D eigenvalue weighted by molar-refractivity contribution is 0.0873. The number of benzene rings is 3. The van der Waals surface area contributed by atoms with Crippen molar-refractivity contribution in [3.63, 3.8) is 0 Å². The molecule has 5 rings (SSSR count). The Labute approximate surface area is 208 Å². The van der Waals surface area contributed by atoms with E-state index in [2.05, 4.69) is 4.90 Å². The number of ether oxygens (including phenoxy) is 5. The van der Waals surface area contributed by atoms with Gasteiger partial charge in [0, 0.05) is 29.7 Å². The Morgan fingerprint density at radius 2 is 1.69 bits per heavy atom. The number of fused-ring (bicyclic) bond motifs is 3. The number of methoxy groups -OCH3 is 3. The highest BCUT2D eigenvalue weighted by atomic mass is 35.5. The molecular formula is C27H24ClNO6. The molecule has 3 aromatic carbocycles. The molecule has 35 heavy (non-hydrogen) atoms. The summed E-state index contributed by atoms with van der Waals surface area (Å²) in [6.45, 7) is 1.70. The Kier molecular flexibility index (Phi) is 6.28. The van der Waals surface area contributed by atoms with Crippen molar-refractivity contribution in [3.8, 4) is 28.7 Å². The molecule has 2 aliphatic heterocycles. The van der Waals surface area contributed by atoms with Gasteiger partial charge in [-0.15, -0.1) is 0 Å². The van der Waals surface area contributed by atoms with Crippen LogP contribution in [0.15, 0.2) is 54.3 Å². The fourth-order valence-electron chi connectivity index (χ4n) is 4.26. The minimum Gasteiger partial charge on any atom is -0.496 e. The zero-order valence-electron chi connectivity index (χ0n) is 19.6. The van der Waals surface area contributed by atoms with E-state index in [4.69, 9.17) is 35.3 Å². The van der Waals surface area contributed by atoms with Crippen molar-refractivity contribution in [2.24, 2.45) is 0 Å². The van der Waals surface area contributed by atoms with Crippen LogP contribution in [0.4, 0.5) is 0 Å². The third-order valence-electron chi connectivity index (χ3n) is 6.02. The van der Waals surface area contributed by atoms with Gasteiger partial charge in [-0.3, -0.25) is 9.69 Å². The maximum atomic E-state index is 13.2. The third kappa shape index (κ3) is 4.40. The Morgan fingerprint density at radius 1 is 0.971 bits per heavy atom. The van der Waals surface area contributed by atoms with E-state index >= 15 is 0 Å². The van der Waals surface area contributed by atoms with Crippen molar-refractivity contribution in [2.45, 2.75) is 13.1 Å². The summed E-state index contributed by atoms with van der Waals surface area (Å²) in [5.41, 5.74) is 3.10. The molecule has 3 aromatic rings. The Bertz CT molecular complexity index is 1320. The number of Topliss-reactive ketones (excluding diaryl/α,β-unsaturated/α-hetero) is 1. The molecule has 0 saturated heterocycles. The summed E-state index contributed by atoms with van der Waals surface area (Å²) in [7, 11) is 4.66. The van der Waals surface area contributed by atoms with Crippen LogP contribution < -0.4 is 23.7 Å². The summed E-state index contributed by atoms with van der Waals surface area (Å²) in [6, 6.07) is 14.8. The van der Waals surface area contributed by atoms with E-state index in [-0.39, 0.29) is 11.5 Å². The van der Waals surface area contributed by atoms with Crippen LogP contribution in [0.25, 0.3) is 6.08 Å². The van der Waals surface area contributed by atoms with Crippen molar-refractivity contribution in [3.05, 3.63) is 81.6 Å². The highest BCUT2D eigenvalue weighted by molar-refractivity contribution is 6.30. The van der Waals surface area contributed by atoms with Gasteiger partial charge < -0.3 is 23.7 Å². The van der Waals surface area contributed by atoms with Gasteiger partial charge in [-0.2, -0.15) is 0 Å². The average molecular weight is 494 g/mol. The van der Waals surface area contributed by atoms with Crippen LogP contribution in [0.5, 0.6) is 28.7 Å². The molecule has 0 spiro atoms. The van der Waals surface area contributed by atoms with E-state index in [0.29, 0.717) is 64.7 Å². The average Bonchev–Trinajstić information content (AvgIpc) is 3.20. The molecule has 0 fully saturated rings. The Hall–Kier alpha value is -3.68. The lowest BCUT2D eigenvalue weighted by Gasteiger charge is -2.29. The summed E-state index contributed by atoms with van der Waals surface area (Å²) in [5, 5.41) is 0.698. The van der Waals surface area contributed by atoms with E-state index in [9.17, 15) is 4.79 Å². The molecule has 0 aromatic heterocycles. The van der Waals surface area contributed by atoms with E-state index in [1.54, 1.807) is 45.6 Å². The van der Waals surface area contributed by atoms with Gasteiger partial charge in [-0.25, -0.2) is 0 Å². The predicted molar refractivity (Wildman–Crippen MR) is 132 cm³/mol. The first-order chi connectivity index (χ1) is 17.0. The molecule has 0 amide bonds. The van der Waals surface area contributed by atoms with E-state index in [1.807, 2.05) is 30.3 Å². The largest absolute Gasteiger partial charge is 0.496 e. The first-order valence-corrected chi connectivity index (χ1v) is 11.4. The number of rotatable bonds is 6. The molecule has 8 heteroatoms. The van der Waals surface area contributed by atoms with Gasteiger partial charge in [0.25, 0.3) is 0 Å². The summed E-state index contributed by atoms with van der Waals surface area (Å²) < 4.78 is 28.4. The van der Waals surface area contributed by atoms with Gasteiger partial charge in [0.15, 0.2) is 17.3 Å².